The molecule has 1 aromatic carbocycles. The largest absolute Gasteiger partial charge is 0.495 e. The van der Waals surface area contributed by atoms with Crippen LogP contribution >= 0.6 is 23.4 Å². The van der Waals surface area contributed by atoms with Crippen molar-refractivity contribution in [2.24, 2.45) is 0 Å². The van der Waals surface area contributed by atoms with Gasteiger partial charge in [0.05, 0.1) is 17.5 Å². The monoisotopic (exact) mass is 257 g/mol. The molecule has 1 aromatic rings. The topological polar surface area (TPSA) is 21.3 Å². The fourth-order valence-corrected chi connectivity index (χ4v) is 3.43. The van der Waals surface area contributed by atoms with Crippen molar-refractivity contribution < 1.29 is 4.74 Å². The summed E-state index contributed by atoms with van der Waals surface area (Å²) in [6, 6.07) is 5.97. The number of methoxy groups -OCH3 is 1. The second-order valence-electron chi connectivity index (χ2n) is 4.61. The van der Waals surface area contributed by atoms with Crippen molar-refractivity contribution >= 4 is 23.4 Å². The summed E-state index contributed by atoms with van der Waals surface area (Å²) in [5.74, 6) is 1.84. The molecular weight excluding hydrogens is 242 g/mol. The van der Waals surface area contributed by atoms with Crippen molar-refractivity contribution in [3.05, 3.63) is 28.8 Å². The molecule has 1 aliphatic rings. The fraction of sp³-hybridized carbons (Fsp3) is 0.500. The summed E-state index contributed by atoms with van der Waals surface area (Å²) >= 11 is 8.03. The Morgan fingerprint density at radius 3 is 2.75 bits per heavy atom. The first-order valence-corrected chi connectivity index (χ1v) is 6.67. The molecule has 1 fully saturated rings. The van der Waals surface area contributed by atoms with E-state index in [-0.39, 0.29) is 5.54 Å². The third-order valence-corrected chi connectivity index (χ3v) is 4.52. The van der Waals surface area contributed by atoms with Crippen molar-refractivity contribution in [1.29, 1.82) is 0 Å². The van der Waals surface area contributed by atoms with Crippen LogP contribution in [0.3, 0.4) is 0 Å². The molecule has 1 N–H and O–H groups in total. The minimum atomic E-state index is 0.196. The van der Waals surface area contributed by atoms with Crippen LogP contribution in [-0.2, 0) is 0 Å². The Labute approximate surface area is 106 Å². The zero-order valence-electron chi connectivity index (χ0n) is 9.71. The Morgan fingerprint density at radius 2 is 2.25 bits per heavy atom. The quantitative estimate of drug-likeness (QED) is 0.877. The normalized spacial score (nSPS) is 23.4. The predicted octanol–water partition coefficient (Wildman–Crippen LogP) is 3.46. The van der Waals surface area contributed by atoms with Crippen LogP contribution in [0.2, 0.25) is 5.02 Å². The summed E-state index contributed by atoms with van der Waals surface area (Å²) in [6.45, 7) is 4.43. The van der Waals surface area contributed by atoms with Gasteiger partial charge in [0, 0.05) is 11.3 Å². The number of benzene rings is 1. The second kappa shape index (κ2) is 4.47. The van der Waals surface area contributed by atoms with Crippen LogP contribution in [0.4, 0.5) is 0 Å². The molecule has 2 nitrogen and oxygen atoms in total. The molecule has 1 atom stereocenters. The van der Waals surface area contributed by atoms with Gasteiger partial charge < -0.3 is 4.74 Å². The smallest absolute Gasteiger partial charge is 0.137 e. The molecular formula is C12H16ClNOS. The maximum Gasteiger partial charge on any atom is 0.137 e. The maximum atomic E-state index is 6.12. The number of ether oxygens (including phenoxy) is 1. The minimum absolute atomic E-state index is 0.196. The van der Waals surface area contributed by atoms with Crippen molar-refractivity contribution in [2.75, 3.05) is 12.9 Å². The standard InChI is InChI=1S/C12H16ClNOS/c1-12(2)7-16-11(14-12)8-4-5-10(15-3)9(13)6-8/h4-6,11,14H,7H2,1-3H3. The van der Waals surface area contributed by atoms with Gasteiger partial charge in [0.1, 0.15) is 5.75 Å². The van der Waals surface area contributed by atoms with E-state index < -0.39 is 0 Å². The molecule has 0 aliphatic carbocycles. The fourth-order valence-electron chi connectivity index (χ4n) is 1.76. The van der Waals surface area contributed by atoms with Crippen molar-refractivity contribution in [2.45, 2.75) is 24.8 Å². The summed E-state index contributed by atoms with van der Waals surface area (Å²) in [4.78, 5) is 0. The summed E-state index contributed by atoms with van der Waals surface area (Å²) in [6.07, 6.45) is 0. The molecule has 2 rings (SSSR count). The van der Waals surface area contributed by atoms with Gasteiger partial charge in [-0.2, -0.15) is 0 Å². The van der Waals surface area contributed by atoms with Crippen LogP contribution in [0, 0.1) is 0 Å². The van der Waals surface area contributed by atoms with Crippen LogP contribution in [-0.4, -0.2) is 18.4 Å². The van der Waals surface area contributed by atoms with Crippen LogP contribution in [0.15, 0.2) is 18.2 Å². The molecule has 16 heavy (non-hydrogen) atoms. The average molecular weight is 258 g/mol. The van der Waals surface area contributed by atoms with Crippen molar-refractivity contribution in [3.8, 4) is 5.75 Å². The first kappa shape index (κ1) is 12.1. The van der Waals surface area contributed by atoms with E-state index in [2.05, 4.69) is 25.2 Å². The van der Waals surface area contributed by atoms with Crippen LogP contribution in [0.25, 0.3) is 0 Å². The van der Waals surface area contributed by atoms with Crippen LogP contribution in [0.1, 0.15) is 24.8 Å². The molecule has 1 aliphatic heterocycles. The molecule has 0 radical (unpaired) electrons. The summed E-state index contributed by atoms with van der Waals surface area (Å²) in [7, 11) is 1.63. The first-order chi connectivity index (χ1) is 7.52. The predicted molar refractivity (Wildman–Crippen MR) is 70.4 cm³/mol. The number of hydrogen-bond donors (Lipinski definition) is 1. The molecule has 88 valence electrons. The van der Waals surface area contributed by atoms with Gasteiger partial charge in [0.25, 0.3) is 0 Å². The minimum Gasteiger partial charge on any atom is -0.495 e. The lowest BCUT2D eigenvalue weighted by atomic mass is 10.1. The first-order valence-electron chi connectivity index (χ1n) is 5.24. The van der Waals surface area contributed by atoms with Gasteiger partial charge in [-0.15, -0.1) is 11.8 Å². The highest BCUT2D eigenvalue weighted by atomic mass is 35.5. The van der Waals surface area contributed by atoms with E-state index in [0.29, 0.717) is 10.4 Å². The van der Waals surface area contributed by atoms with Crippen LogP contribution < -0.4 is 10.1 Å². The second-order valence-corrected chi connectivity index (χ2v) is 6.11. The molecule has 1 unspecified atom stereocenters. The van der Waals surface area contributed by atoms with Gasteiger partial charge in [0.15, 0.2) is 0 Å². The Morgan fingerprint density at radius 1 is 1.50 bits per heavy atom. The van der Waals surface area contributed by atoms with Crippen LogP contribution in [0.5, 0.6) is 5.75 Å². The van der Waals surface area contributed by atoms with Gasteiger partial charge in [-0.1, -0.05) is 17.7 Å². The van der Waals surface area contributed by atoms with Crippen molar-refractivity contribution in [3.63, 3.8) is 0 Å². The summed E-state index contributed by atoms with van der Waals surface area (Å²) in [5, 5.41) is 4.58. The van der Waals surface area contributed by atoms with E-state index in [9.17, 15) is 0 Å². The molecule has 1 saturated heterocycles. The zero-order chi connectivity index (χ0) is 11.8. The number of halogens is 1. The van der Waals surface area contributed by atoms with Gasteiger partial charge in [-0.05, 0) is 31.5 Å². The van der Waals surface area contributed by atoms with Gasteiger partial charge >= 0.3 is 0 Å². The lowest BCUT2D eigenvalue weighted by Crippen LogP contribution is -2.35. The molecule has 4 heteroatoms. The number of hydrogen-bond acceptors (Lipinski definition) is 3. The highest BCUT2D eigenvalue weighted by Crippen LogP contribution is 2.39. The van der Waals surface area contributed by atoms with E-state index in [0.717, 1.165) is 11.5 Å². The summed E-state index contributed by atoms with van der Waals surface area (Å²) in [5.41, 5.74) is 1.41. The van der Waals surface area contributed by atoms with E-state index in [1.807, 2.05) is 23.9 Å². The molecule has 0 aromatic heterocycles. The molecule has 0 amide bonds. The van der Waals surface area contributed by atoms with Gasteiger partial charge in [0.2, 0.25) is 0 Å². The highest BCUT2D eigenvalue weighted by Gasteiger charge is 2.31. The van der Waals surface area contributed by atoms with Gasteiger partial charge in [-0.3, -0.25) is 5.32 Å². The number of rotatable bonds is 2. The third-order valence-electron chi connectivity index (χ3n) is 2.61. The van der Waals surface area contributed by atoms with E-state index in [1.165, 1.54) is 5.56 Å². The SMILES string of the molecule is COc1ccc(C2NC(C)(C)CS2)cc1Cl. The molecule has 1 heterocycles. The van der Waals surface area contributed by atoms with E-state index in [4.69, 9.17) is 16.3 Å². The highest BCUT2D eigenvalue weighted by molar-refractivity contribution is 7.99. The van der Waals surface area contributed by atoms with E-state index >= 15 is 0 Å². The van der Waals surface area contributed by atoms with Gasteiger partial charge in [-0.25, -0.2) is 0 Å². The lowest BCUT2D eigenvalue weighted by molar-refractivity contribution is 0.414. The Balaban J connectivity index is 2.20. The Kier molecular flexibility index (Phi) is 3.38. The van der Waals surface area contributed by atoms with E-state index in [1.54, 1.807) is 7.11 Å². The molecule has 0 bridgehead atoms. The molecule has 0 saturated carbocycles. The number of nitrogens with one attached hydrogen (secondary N) is 1. The average Bonchev–Trinajstić information content (AvgIpc) is 2.59. The third kappa shape index (κ3) is 2.47. The Bertz CT molecular complexity index is 395. The summed E-state index contributed by atoms with van der Waals surface area (Å²) < 4.78 is 5.14. The number of thioether (sulfide) groups is 1. The maximum absolute atomic E-state index is 6.12. The lowest BCUT2D eigenvalue weighted by Gasteiger charge is -2.19. The molecule has 0 spiro atoms. The zero-order valence-corrected chi connectivity index (χ0v) is 11.3. The Hall–Kier alpha value is -0.380. The van der Waals surface area contributed by atoms with Crippen molar-refractivity contribution in [1.82, 2.24) is 5.32 Å².